The summed E-state index contributed by atoms with van der Waals surface area (Å²) in [5.74, 6) is -1.88. The highest BCUT2D eigenvalue weighted by atomic mass is 16.6. The molecule has 1 saturated heterocycles. The zero-order valence-corrected chi connectivity index (χ0v) is 8.66. The minimum absolute atomic E-state index is 0.111. The van der Waals surface area contributed by atoms with Gasteiger partial charge in [-0.3, -0.25) is 19.7 Å². The van der Waals surface area contributed by atoms with E-state index in [0.29, 0.717) is 0 Å². The Labute approximate surface area is 95.1 Å². The summed E-state index contributed by atoms with van der Waals surface area (Å²) in [5, 5.41) is 10.4. The zero-order valence-electron chi connectivity index (χ0n) is 8.66. The Balaban J connectivity index is 2.01. The normalized spacial score (nSPS) is 15.4. The summed E-state index contributed by atoms with van der Waals surface area (Å²) in [6.07, 6.45) is 0. The fourth-order valence-corrected chi connectivity index (χ4v) is 1.52. The van der Waals surface area contributed by atoms with Gasteiger partial charge in [0.2, 0.25) is 5.91 Å². The Kier molecular flexibility index (Phi) is 2.54. The summed E-state index contributed by atoms with van der Waals surface area (Å²) in [4.78, 5) is 33.4. The molecule has 8 nitrogen and oxygen atoms in total. The van der Waals surface area contributed by atoms with Crippen molar-refractivity contribution in [1.82, 2.24) is 4.90 Å². The smallest absolute Gasteiger partial charge is 0.395 e. The van der Waals surface area contributed by atoms with Crippen molar-refractivity contribution in [2.24, 2.45) is 11.7 Å². The van der Waals surface area contributed by atoms with Crippen LogP contribution in [0.15, 0.2) is 16.5 Å². The maximum absolute atomic E-state index is 11.7. The van der Waals surface area contributed by atoms with Gasteiger partial charge in [-0.2, -0.15) is 0 Å². The lowest BCUT2D eigenvalue weighted by atomic mass is 9.99. The number of nitro groups is 1. The third-order valence-electron chi connectivity index (χ3n) is 2.55. The van der Waals surface area contributed by atoms with E-state index >= 15 is 0 Å². The lowest BCUT2D eigenvalue weighted by Crippen LogP contribution is -2.54. The zero-order chi connectivity index (χ0) is 12.6. The maximum atomic E-state index is 11.7. The third kappa shape index (κ3) is 1.96. The Hall–Kier alpha value is -2.38. The second-order valence-corrected chi connectivity index (χ2v) is 3.70. The quantitative estimate of drug-likeness (QED) is 0.575. The van der Waals surface area contributed by atoms with Crippen LogP contribution in [0.3, 0.4) is 0 Å². The molecule has 2 heterocycles. The van der Waals surface area contributed by atoms with E-state index in [4.69, 9.17) is 10.2 Å². The van der Waals surface area contributed by atoms with Crippen LogP contribution in [-0.4, -0.2) is 34.7 Å². The lowest BCUT2D eigenvalue weighted by molar-refractivity contribution is -0.402. The number of nitrogens with zero attached hydrogens (tertiary/aromatic N) is 2. The van der Waals surface area contributed by atoms with E-state index in [2.05, 4.69) is 0 Å². The number of carbonyl (C=O) groups excluding carboxylic acids is 2. The van der Waals surface area contributed by atoms with E-state index in [1.807, 2.05) is 0 Å². The van der Waals surface area contributed by atoms with Crippen LogP contribution in [0.2, 0.25) is 0 Å². The first kappa shape index (κ1) is 11.1. The van der Waals surface area contributed by atoms with Crippen molar-refractivity contribution in [2.45, 2.75) is 0 Å². The van der Waals surface area contributed by atoms with Crippen LogP contribution in [-0.2, 0) is 4.79 Å². The van der Waals surface area contributed by atoms with E-state index in [1.54, 1.807) is 0 Å². The molecule has 2 N–H and O–H groups in total. The molecule has 1 fully saturated rings. The number of hydrogen-bond acceptors (Lipinski definition) is 5. The molecular weight excluding hydrogens is 230 g/mol. The molecule has 90 valence electrons. The average Bonchev–Trinajstić information content (AvgIpc) is 2.62. The molecule has 1 aliphatic heterocycles. The van der Waals surface area contributed by atoms with Crippen molar-refractivity contribution >= 4 is 17.7 Å². The van der Waals surface area contributed by atoms with Crippen LogP contribution in [0.25, 0.3) is 0 Å². The summed E-state index contributed by atoms with van der Waals surface area (Å²) in [7, 11) is 0. The summed E-state index contributed by atoms with van der Waals surface area (Å²) in [6.45, 7) is 0.450. The summed E-state index contributed by atoms with van der Waals surface area (Å²) < 4.78 is 4.75. The second-order valence-electron chi connectivity index (χ2n) is 3.70. The van der Waals surface area contributed by atoms with Crippen LogP contribution in [0.5, 0.6) is 0 Å². The van der Waals surface area contributed by atoms with Crippen LogP contribution < -0.4 is 5.73 Å². The van der Waals surface area contributed by atoms with Crippen molar-refractivity contribution in [1.29, 1.82) is 0 Å². The molecule has 0 bridgehead atoms. The molecule has 0 unspecified atom stereocenters. The van der Waals surface area contributed by atoms with Gasteiger partial charge < -0.3 is 15.1 Å². The number of amides is 2. The van der Waals surface area contributed by atoms with E-state index in [1.165, 1.54) is 11.0 Å². The monoisotopic (exact) mass is 239 g/mol. The SMILES string of the molecule is NC(=O)C1CN(C(=O)c2ccc([N+](=O)[O-])o2)C1. The van der Waals surface area contributed by atoms with E-state index in [9.17, 15) is 19.7 Å². The minimum atomic E-state index is -0.723. The maximum Gasteiger partial charge on any atom is 0.433 e. The summed E-state index contributed by atoms with van der Waals surface area (Å²) in [6, 6.07) is 2.34. The van der Waals surface area contributed by atoms with Gasteiger partial charge in [-0.05, 0) is 6.07 Å². The van der Waals surface area contributed by atoms with Gasteiger partial charge in [0.05, 0.1) is 12.0 Å². The minimum Gasteiger partial charge on any atom is -0.395 e. The molecule has 1 aliphatic rings. The molecule has 1 aromatic heterocycles. The predicted octanol–water partition coefficient (Wildman–Crippen LogP) is -0.255. The molecule has 2 amide bonds. The first-order valence-corrected chi connectivity index (χ1v) is 4.82. The fraction of sp³-hybridized carbons (Fsp3) is 0.333. The molecule has 17 heavy (non-hydrogen) atoms. The molecule has 8 heteroatoms. The Morgan fingerprint density at radius 3 is 2.59 bits per heavy atom. The van der Waals surface area contributed by atoms with Gasteiger partial charge in [-0.1, -0.05) is 0 Å². The number of carbonyl (C=O) groups is 2. The van der Waals surface area contributed by atoms with Gasteiger partial charge >= 0.3 is 5.88 Å². The molecule has 2 rings (SSSR count). The highest BCUT2D eigenvalue weighted by molar-refractivity contribution is 5.93. The number of rotatable bonds is 3. The number of furan rings is 1. The van der Waals surface area contributed by atoms with Crippen LogP contribution in [0.4, 0.5) is 5.88 Å². The van der Waals surface area contributed by atoms with Gasteiger partial charge in [-0.25, -0.2) is 0 Å². The second kappa shape index (κ2) is 3.89. The number of primary amides is 1. The van der Waals surface area contributed by atoms with Crippen LogP contribution in [0.1, 0.15) is 10.6 Å². The lowest BCUT2D eigenvalue weighted by Gasteiger charge is -2.36. The Morgan fingerprint density at radius 1 is 1.47 bits per heavy atom. The first-order valence-electron chi connectivity index (χ1n) is 4.82. The highest BCUT2D eigenvalue weighted by Gasteiger charge is 2.36. The number of likely N-dealkylation sites (tertiary alicyclic amines) is 1. The van der Waals surface area contributed by atoms with Gasteiger partial charge in [0, 0.05) is 13.1 Å². The standard InChI is InChI=1S/C9H9N3O5/c10-8(13)5-3-11(4-5)9(14)6-1-2-7(17-6)12(15)16/h1-2,5H,3-4H2,(H2,10,13). The molecule has 0 radical (unpaired) electrons. The average molecular weight is 239 g/mol. The van der Waals surface area contributed by atoms with Gasteiger partial charge in [0.15, 0.2) is 5.76 Å². The molecule has 0 atom stereocenters. The van der Waals surface area contributed by atoms with E-state index < -0.39 is 22.6 Å². The van der Waals surface area contributed by atoms with Crippen LogP contribution >= 0.6 is 0 Å². The molecule has 1 aromatic rings. The van der Waals surface area contributed by atoms with Crippen molar-refractivity contribution in [3.05, 3.63) is 28.0 Å². The van der Waals surface area contributed by atoms with Crippen molar-refractivity contribution in [3.8, 4) is 0 Å². The summed E-state index contributed by atoms with van der Waals surface area (Å²) in [5.41, 5.74) is 5.05. The van der Waals surface area contributed by atoms with E-state index in [-0.39, 0.29) is 24.8 Å². The van der Waals surface area contributed by atoms with Gasteiger partial charge in [0.25, 0.3) is 5.91 Å². The van der Waals surface area contributed by atoms with Crippen molar-refractivity contribution < 1.29 is 18.9 Å². The van der Waals surface area contributed by atoms with Crippen LogP contribution in [0, 0.1) is 16.0 Å². The summed E-state index contributed by atoms with van der Waals surface area (Å²) >= 11 is 0. The number of hydrogen-bond donors (Lipinski definition) is 1. The first-order chi connectivity index (χ1) is 7.99. The molecule has 0 saturated carbocycles. The third-order valence-corrected chi connectivity index (χ3v) is 2.55. The molecule has 0 aliphatic carbocycles. The number of nitrogens with two attached hydrogens (primary N) is 1. The van der Waals surface area contributed by atoms with Gasteiger partial charge in [-0.15, -0.1) is 0 Å². The predicted molar refractivity (Wildman–Crippen MR) is 54.0 cm³/mol. The molecular formula is C9H9N3O5. The highest BCUT2D eigenvalue weighted by Crippen LogP contribution is 2.22. The molecule has 0 aromatic carbocycles. The Morgan fingerprint density at radius 2 is 2.12 bits per heavy atom. The molecule has 0 spiro atoms. The van der Waals surface area contributed by atoms with Crippen molar-refractivity contribution in [3.63, 3.8) is 0 Å². The Bertz CT molecular complexity index is 489. The van der Waals surface area contributed by atoms with E-state index in [0.717, 1.165) is 6.07 Å². The largest absolute Gasteiger partial charge is 0.433 e. The van der Waals surface area contributed by atoms with Gasteiger partial charge in [0.1, 0.15) is 4.92 Å². The van der Waals surface area contributed by atoms with Crippen molar-refractivity contribution in [2.75, 3.05) is 13.1 Å². The topological polar surface area (TPSA) is 120 Å². The fourth-order valence-electron chi connectivity index (χ4n) is 1.52.